The smallest absolute Gasteiger partial charge is 0.262 e. The molecule has 0 bridgehead atoms. The molecule has 2 N–H and O–H groups in total. The molecule has 16 heavy (non-hydrogen) atoms. The van der Waals surface area contributed by atoms with Gasteiger partial charge in [-0.3, -0.25) is 0 Å². The van der Waals surface area contributed by atoms with Gasteiger partial charge in [0.05, 0.1) is 5.02 Å². The molecule has 1 aromatic heterocycles. The predicted molar refractivity (Wildman–Crippen MR) is 57.9 cm³/mol. The van der Waals surface area contributed by atoms with Gasteiger partial charge in [0, 0.05) is 12.4 Å². The average Bonchev–Trinajstić information content (AvgIpc) is 2.25. The van der Waals surface area contributed by atoms with Gasteiger partial charge < -0.3 is 10.5 Å². The van der Waals surface area contributed by atoms with Crippen molar-refractivity contribution < 1.29 is 9.13 Å². The molecule has 0 aliphatic carbocycles. The monoisotopic (exact) mass is 239 g/mol. The maximum atomic E-state index is 12.8. The summed E-state index contributed by atoms with van der Waals surface area (Å²) in [5.41, 5.74) is 5.53. The van der Waals surface area contributed by atoms with E-state index < -0.39 is 5.82 Å². The Hall–Kier alpha value is -1.88. The molecule has 2 rings (SSSR count). The highest BCUT2D eigenvalue weighted by Gasteiger charge is 2.08. The van der Waals surface area contributed by atoms with Gasteiger partial charge in [-0.25, -0.2) is 14.4 Å². The van der Waals surface area contributed by atoms with Crippen LogP contribution in [0.5, 0.6) is 11.6 Å². The fourth-order valence-corrected chi connectivity index (χ4v) is 1.28. The summed E-state index contributed by atoms with van der Waals surface area (Å²) < 4.78 is 18.1. The first-order chi connectivity index (χ1) is 7.66. The van der Waals surface area contributed by atoms with Crippen molar-refractivity contribution in [2.45, 2.75) is 0 Å². The third kappa shape index (κ3) is 2.20. The Labute approximate surface area is 95.9 Å². The zero-order valence-electron chi connectivity index (χ0n) is 8.02. The summed E-state index contributed by atoms with van der Waals surface area (Å²) in [6.45, 7) is 0. The van der Waals surface area contributed by atoms with Gasteiger partial charge in [0.25, 0.3) is 5.88 Å². The highest BCUT2D eigenvalue weighted by molar-refractivity contribution is 6.32. The quantitative estimate of drug-likeness (QED) is 0.875. The Morgan fingerprint density at radius 2 is 2.00 bits per heavy atom. The van der Waals surface area contributed by atoms with E-state index in [2.05, 4.69) is 9.97 Å². The molecule has 0 atom stereocenters. The zero-order valence-corrected chi connectivity index (χ0v) is 8.78. The number of anilines is 1. The summed E-state index contributed by atoms with van der Waals surface area (Å²) in [5, 5.41) is 0.144. The molecule has 2 aromatic rings. The van der Waals surface area contributed by atoms with E-state index in [1.165, 1.54) is 24.5 Å². The Kier molecular flexibility index (Phi) is 2.87. The van der Waals surface area contributed by atoms with Crippen LogP contribution in [0.2, 0.25) is 5.02 Å². The van der Waals surface area contributed by atoms with Crippen LogP contribution in [-0.4, -0.2) is 9.97 Å². The minimum atomic E-state index is -0.440. The first-order valence-corrected chi connectivity index (χ1v) is 4.74. The number of hydrogen-bond donors (Lipinski definition) is 1. The van der Waals surface area contributed by atoms with Crippen molar-refractivity contribution in [3.63, 3.8) is 0 Å². The van der Waals surface area contributed by atoms with Crippen molar-refractivity contribution in [2.75, 3.05) is 5.73 Å². The fraction of sp³-hybridized carbons (Fsp3) is 0. The molecule has 0 fully saturated rings. The number of benzene rings is 1. The third-order valence-electron chi connectivity index (χ3n) is 1.79. The number of rotatable bonds is 2. The van der Waals surface area contributed by atoms with Crippen LogP contribution in [0.25, 0.3) is 0 Å². The lowest BCUT2D eigenvalue weighted by Gasteiger charge is -2.07. The number of nitrogens with zero attached hydrogens (tertiary/aromatic N) is 2. The minimum absolute atomic E-state index is 0.135. The van der Waals surface area contributed by atoms with Gasteiger partial charge >= 0.3 is 0 Å². The van der Waals surface area contributed by atoms with E-state index in [4.69, 9.17) is 22.1 Å². The lowest BCUT2D eigenvalue weighted by Crippen LogP contribution is -1.97. The topological polar surface area (TPSA) is 61.0 Å². The Bertz CT molecular complexity index is 521. The van der Waals surface area contributed by atoms with E-state index in [1.54, 1.807) is 0 Å². The minimum Gasteiger partial charge on any atom is -0.434 e. The maximum absolute atomic E-state index is 12.8. The second kappa shape index (κ2) is 4.32. The highest BCUT2D eigenvalue weighted by atomic mass is 35.5. The van der Waals surface area contributed by atoms with E-state index in [0.29, 0.717) is 0 Å². The SMILES string of the molecule is Nc1nccnc1Oc1ccc(F)cc1Cl. The van der Waals surface area contributed by atoms with Crippen molar-refractivity contribution in [1.29, 1.82) is 0 Å². The first kappa shape index (κ1) is 10.6. The molecule has 1 aromatic carbocycles. The lowest BCUT2D eigenvalue weighted by atomic mass is 10.3. The summed E-state index contributed by atoms with van der Waals surface area (Å²) in [7, 11) is 0. The van der Waals surface area contributed by atoms with Crippen LogP contribution >= 0.6 is 11.6 Å². The number of nitrogen functional groups attached to an aromatic ring is 1. The van der Waals surface area contributed by atoms with E-state index >= 15 is 0 Å². The predicted octanol–water partition coefficient (Wildman–Crippen LogP) is 2.64. The van der Waals surface area contributed by atoms with Crippen LogP contribution in [0.15, 0.2) is 30.6 Å². The number of halogens is 2. The normalized spacial score (nSPS) is 10.1. The van der Waals surface area contributed by atoms with Crippen molar-refractivity contribution in [3.8, 4) is 11.6 Å². The van der Waals surface area contributed by atoms with E-state index in [1.807, 2.05) is 0 Å². The summed E-state index contributed by atoms with van der Waals surface area (Å²) in [5.74, 6) is 0.110. The average molecular weight is 240 g/mol. The summed E-state index contributed by atoms with van der Waals surface area (Å²) in [4.78, 5) is 7.67. The van der Waals surface area contributed by atoms with Crippen molar-refractivity contribution in [2.24, 2.45) is 0 Å². The second-order valence-electron chi connectivity index (χ2n) is 2.92. The van der Waals surface area contributed by atoms with Gasteiger partial charge in [-0.05, 0) is 18.2 Å². The maximum Gasteiger partial charge on any atom is 0.262 e. The molecule has 82 valence electrons. The van der Waals surface area contributed by atoms with Crippen LogP contribution in [0.3, 0.4) is 0 Å². The largest absolute Gasteiger partial charge is 0.434 e. The molecule has 0 amide bonds. The zero-order chi connectivity index (χ0) is 11.5. The molecule has 1 heterocycles. The Balaban J connectivity index is 2.31. The van der Waals surface area contributed by atoms with E-state index in [9.17, 15) is 4.39 Å². The van der Waals surface area contributed by atoms with Crippen LogP contribution in [-0.2, 0) is 0 Å². The van der Waals surface area contributed by atoms with Gasteiger partial charge in [-0.15, -0.1) is 0 Å². The fourth-order valence-electron chi connectivity index (χ4n) is 1.08. The van der Waals surface area contributed by atoms with Crippen LogP contribution in [0.4, 0.5) is 10.2 Å². The van der Waals surface area contributed by atoms with E-state index in [-0.39, 0.29) is 22.5 Å². The molecule has 0 aliphatic heterocycles. The number of aromatic nitrogens is 2. The van der Waals surface area contributed by atoms with Crippen LogP contribution < -0.4 is 10.5 Å². The van der Waals surface area contributed by atoms with Crippen molar-refractivity contribution >= 4 is 17.4 Å². The molecule has 6 heteroatoms. The molecule has 0 spiro atoms. The number of nitrogens with two attached hydrogens (primary N) is 1. The third-order valence-corrected chi connectivity index (χ3v) is 2.09. The first-order valence-electron chi connectivity index (χ1n) is 4.36. The van der Waals surface area contributed by atoms with Crippen LogP contribution in [0.1, 0.15) is 0 Å². The summed E-state index contributed by atoms with van der Waals surface area (Å²) in [6, 6.07) is 3.77. The molecule has 4 nitrogen and oxygen atoms in total. The van der Waals surface area contributed by atoms with Gasteiger partial charge in [0.2, 0.25) is 0 Å². The molecule has 0 saturated carbocycles. The molecular weight excluding hydrogens is 233 g/mol. The molecule has 0 aliphatic rings. The molecular formula is C10H7ClFN3O. The Morgan fingerprint density at radius 3 is 2.69 bits per heavy atom. The van der Waals surface area contributed by atoms with Gasteiger partial charge in [-0.2, -0.15) is 0 Å². The number of hydrogen-bond acceptors (Lipinski definition) is 4. The number of ether oxygens (including phenoxy) is 1. The molecule has 0 radical (unpaired) electrons. The summed E-state index contributed by atoms with van der Waals surface area (Å²) >= 11 is 5.78. The van der Waals surface area contributed by atoms with Crippen LogP contribution in [0, 0.1) is 5.82 Å². The van der Waals surface area contributed by atoms with Gasteiger partial charge in [0.1, 0.15) is 11.6 Å². The molecule has 0 saturated heterocycles. The summed E-state index contributed by atoms with van der Waals surface area (Å²) in [6.07, 6.45) is 2.87. The molecule has 0 unspecified atom stereocenters. The van der Waals surface area contributed by atoms with Gasteiger partial charge in [0.15, 0.2) is 5.82 Å². The van der Waals surface area contributed by atoms with Crippen molar-refractivity contribution in [3.05, 3.63) is 41.4 Å². The van der Waals surface area contributed by atoms with Gasteiger partial charge in [-0.1, -0.05) is 11.6 Å². The Morgan fingerprint density at radius 1 is 1.25 bits per heavy atom. The van der Waals surface area contributed by atoms with Crippen molar-refractivity contribution in [1.82, 2.24) is 9.97 Å². The standard InChI is InChI=1S/C10H7ClFN3O/c11-7-5-6(12)1-2-8(7)16-10-9(13)14-3-4-15-10/h1-5H,(H2,13,14). The lowest BCUT2D eigenvalue weighted by molar-refractivity contribution is 0.462. The van der Waals surface area contributed by atoms with E-state index in [0.717, 1.165) is 6.07 Å². The second-order valence-corrected chi connectivity index (χ2v) is 3.33. The highest BCUT2D eigenvalue weighted by Crippen LogP contribution is 2.30.